The van der Waals surface area contributed by atoms with E-state index in [0.717, 1.165) is 32.1 Å². The Kier molecular flexibility index (Phi) is 20.0. The number of aliphatic hydroxyl groups excluding tert-OH is 4. The molecule has 1 saturated heterocycles. The molecule has 1 aliphatic carbocycles. The van der Waals surface area contributed by atoms with Crippen molar-refractivity contribution in [2.24, 2.45) is 11.8 Å². The number of ether oxygens (including phenoxy) is 3. The highest BCUT2D eigenvalue weighted by molar-refractivity contribution is 5.77. The van der Waals surface area contributed by atoms with Gasteiger partial charge in [-0.3, -0.25) is 14.4 Å². The molecule has 0 bridgehead atoms. The predicted octanol–water partition coefficient (Wildman–Crippen LogP) is 1.62. The normalized spacial score (nSPS) is 23.9. The van der Waals surface area contributed by atoms with E-state index in [4.69, 9.17) is 14.2 Å². The average molecular weight is 674 g/mol. The summed E-state index contributed by atoms with van der Waals surface area (Å²) in [5.41, 5.74) is 0. The van der Waals surface area contributed by atoms with Gasteiger partial charge in [0.2, 0.25) is 17.7 Å². The van der Waals surface area contributed by atoms with Crippen LogP contribution in [0.3, 0.4) is 0 Å². The zero-order chi connectivity index (χ0) is 34.8. The van der Waals surface area contributed by atoms with E-state index in [-0.39, 0.29) is 49.2 Å². The molecule has 274 valence electrons. The van der Waals surface area contributed by atoms with Crippen LogP contribution in [0.5, 0.6) is 0 Å². The van der Waals surface area contributed by atoms with Gasteiger partial charge in [0.25, 0.3) is 0 Å². The largest absolute Gasteiger partial charge is 0.394 e. The topological polar surface area (TPSA) is 187 Å². The van der Waals surface area contributed by atoms with Crippen molar-refractivity contribution in [2.75, 3.05) is 39.5 Å². The van der Waals surface area contributed by atoms with Crippen molar-refractivity contribution in [2.45, 2.75) is 148 Å². The highest BCUT2D eigenvalue weighted by Crippen LogP contribution is 2.35. The van der Waals surface area contributed by atoms with Crippen LogP contribution in [0.15, 0.2) is 0 Å². The first-order chi connectivity index (χ1) is 22.5. The highest BCUT2D eigenvalue weighted by atomic mass is 16.7. The van der Waals surface area contributed by atoms with Gasteiger partial charge in [-0.1, -0.05) is 26.7 Å². The van der Waals surface area contributed by atoms with Crippen LogP contribution in [0.2, 0.25) is 0 Å². The Morgan fingerprint density at radius 3 is 2.23 bits per heavy atom. The van der Waals surface area contributed by atoms with Gasteiger partial charge in [0, 0.05) is 39.5 Å². The number of rotatable bonds is 24. The molecular weight excluding hydrogens is 610 g/mol. The van der Waals surface area contributed by atoms with E-state index in [2.05, 4.69) is 24.5 Å². The molecular formula is C34H63N3O10. The van der Waals surface area contributed by atoms with Crippen molar-refractivity contribution in [3.63, 3.8) is 0 Å². The summed E-state index contributed by atoms with van der Waals surface area (Å²) in [6.07, 6.45) is 6.42. The first-order valence-electron chi connectivity index (χ1n) is 17.7. The Morgan fingerprint density at radius 1 is 0.894 bits per heavy atom. The SMILES string of the molecule is CC(=O)N[C@@H](CO)C(OCCCCCC(=O)NCCCCCC(=O)N1C[C@H](OC2CCC(C(C)C)C2)C[C@H]1CO)OC(CO)[C@@H](C)O. The molecule has 1 saturated carbocycles. The van der Waals surface area contributed by atoms with Crippen LogP contribution < -0.4 is 10.6 Å². The fraction of sp³-hybridized carbons (Fsp3) is 0.912. The minimum Gasteiger partial charge on any atom is -0.394 e. The van der Waals surface area contributed by atoms with Gasteiger partial charge in [0.1, 0.15) is 12.1 Å². The maximum absolute atomic E-state index is 12.9. The minimum absolute atomic E-state index is 0.00485. The van der Waals surface area contributed by atoms with Gasteiger partial charge < -0.3 is 50.2 Å². The summed E-state index contributed by atoms with van der Waals surface area (Å²) in [7, 11) is 0. The molecule has 13 nitrogen and oxygen atoms in total. The van der Waals surface area contributed by atoms with E-state index in [1.165, 1.54) is 20.3 Å². The summed E-state index contributed by atoms with van der Waals surface area (Å²) in [4.78, 5) is 38.5. The molecule has 0 radical (unpaired) electrons. The van der Waals surface area contributed by atoms with Crippen molar-refractivity contribution in [1.29, 1.82) is 0 Å². The molecule has 2 fully saturated rings. The van der Waals surface area contributed by atoms with E-state index in [9.17, 15) is 34.8 Å². The number of hydrogen-bond acceptors (Lipinski definition) is 10. The Labute approximate surface area is 281 Å². The van der Waals surface area contributed by atoms with Gasteiger partial charge in [-0.05, 0) is 70.1 Å². The molecule has 2 aliphatic rings. The van der Waals surface area contributed by atoms with Crippen LogP contribution in [0.1, 0.15) is 105 Å². The van der Waals surface area contributed by atoms with Gasteiger partial charge in [-0.15, -0.1) is 0 Å². The maximum Gasteiger partial charge on any atom is 0.222 e. The Balaban J connectivity index is 1.56. The summed E-state index contributed by atoms with van der Waals surface area (Å²) in [6, 6.07) is -1.04. The number of carbonyl (C=O) groups excluding carboxylic acids is 3. The molecule has 0 aromatic carbocycles. The van der Waals surface area contributed by atoms with E-state index >= 15 is 0 Å². The fourth-order valence-electron chi connectivity index (χ4n) is 6.42. The number of likely N-dealkylation sites (tertiary alicyclic amines) is 1. The summed E-state index contributed by atoms with van der Waals surface area (Å²) < 4.78 is 17.7. The minimum atomic E-state index is -1.06. The lowest BCUT2D eigenvalue weighted by Gasteiger charge is -2.30. The third-order valence-corrected chi connectivity index (χ3v) is 9.32. The predicted molar refractivity (Wildman–Crippen MR) is 176 cm³/mol. The molecule has 3 amide bonds. The number of hydrogen-bond donors (Lipinski definition) is 6. The van der Waals surface area contributed by atoms with E-state index < -0.39 is 37.8 Å². The maximum atomic E-state index is 12.9. The first-order valence-corrected chi connectivity index (χ1v) is 17.7. The first kappa shape index (κ1) is 41.3. The molecule has 8 atom stereocenters. The summed E-state index contributed by atoms with van der Waals surface area (Å²) in [5.74, 6) is 1.02. The van der Waals surface area contributed by atoms with Crippen molar-refractivity contribution in [3.05, 3.63) is 0 Å². The third-order valence-electron chi connectivity index (χ3n) is 9.32. The van der Waals surface area contributed by atoms with Crippen molar-refractivity contribution in [3.8, 4) is 0 Å². The quantitative estimate of drug-likeness (QED) is 0.0650. The standard InChI is InChI=1S/C34H63N3O10/c1-23(2)26-13-14-28(17-26)46-29-18-27(20-38)37(19-29)33(44)12-8-5-9-15-35-32(43)11-7-6-10-16-45-34(30(21-39)36-25(4)42)47-31(22-40)24(3)41/h23-24,26-31,34,38-41H,5-22H2,1-4H3,(H,35,43)(H,36,42)/t24-,26?,27+,28?,29-,30+,31?,34?/m1/s1. The smallest absolute Gasteiger partial charge is 0.222 e. The summed E-state index contributed by atoms with van der Waals surface area (Å²) in [5, 5.41) is 44.3. The van der Waals surface area contributed by atoms with Crippen LogP contribution >= 0.6 is 0 Å². The Hall–Kier alpha value is -1.87. The molecule has 47 heavy (non-hydrogen) atoms. The van der Waals surface area contributed by atoms with Crippen molar-refractivity contribution >= 4 is 17.7 Å². The zero-order valence-electron chi connectivity index (χ0n) is 29.1. The number of nitrogens with one attached hydrogen (secondary N) is 2. The highest BCUT2D eigenvalue weighted by Gasteiger charge is 2.38. The lowest BCUT2D eigenvalue weighted by Crippen LogP contribution is -2.50. The van der Waals surface area contributed by atoms with Crippen molar-refractivity contribution < 1.29 is 49.0 Å². The Morgan fingerprint density at radius 2 is 1.62 bits per heavy atom. The van der Waals surface area contributed by atoms with Crippen molar-refractivity contribution in [1.82, 2.24) is 15.5 Å². The van der Waals surface area contributed by atoms with E-state index in [0.29, 0.717) is 63.5 Å². The lowest BCUT2D eigenvalue weighted by molar-refractivity contribution is -0.214. The Bertz CT molecular complexity index is 907. The zero-order valence-corrected chi connectivity index (χ0v) is 29.1. The number of unbranched alkanes of at least 4 members (excludes halogenated alkanes) is 4. The molecule has 0 aromatic heterocycles. The van der Waals surface area contributed by atoms with Gasteiger partial charge in [0.05, 0.1) is 44.2 Å². The van der Waals surface area contributed by atoms with E-state index in [1.54, 1.807) is 4.90 Å². The lowest BCUT2D eigenvalue weighted by atomic mass is 9.94. The van der Waals surface area contributed by atoms with Crippen LogP contribution in [0.25, 0.3) is 0 Å². The number of nitrogens with zero attached hydrogens (tertiary/aromatic N) is 1. The number of carbonyl (C=O) groups is 3. The average Bonchev–Trinajstić information content (AvgIpc) is 3.68. The molecule has 0 aromatic rings. The monoisotopic (exact) mass is 673 g/mol. The van der Waals surface area contributed by atoms with Gasteiger partial charge >= 0.3 is 0 Å². The van der Waals surface area contributed by atoms with Gasteiger partial charge in [-0.25, -0.2) is 0 Å². The van der Waals surface area contributed by atoms with Crippen LogP contribution in [0.4, 0.5) is 0 Å². The molecule has 4 unspecified atom stereocenters. The number of aliphatic hydroxyl groups is 4. The third kappa shape index (κ3) is 15.5. The molecule has 6 N–H and O–H groups in total. The van der Waals surface area contributed by atoms with Crippen LogP contribution in [-0.2, 0) is 28.6 Å². The van der Waals surface area contributed by atoms with Gasteiger partial charge in [0.15, 0.2) is 6.29 Å². The molecule has 1 heterocycles. The molecule has 0 spiro atoms. The molecule has 1 aliphatic heterocycles. The second-order valence-corrected chi connectivity index (χ2v) is 13.6. The summed E-state index contributed by atoms with van der Waals surface area (Å²) >= 11 is 0. The van der Waals surface area contributed by atoms with E-state index in [1.807, 2.05) is 0 Å². The fourth-order valence-corrected chi connectivity index (χ4v) is 6.42. The second-order valence-electron chi connectivity index (χ2n) is 13.6. The van der Waals surface area contributed by atoms with Crippen LogP contribution in [-0.4, -0.2) is 125 Å². The van der Waals surface area contributed by atoms with Gasteiger partial charge in [-0.2, -0.15) is 0 Å². The number of amides is 3. The molecule has 13 heteroatoms. The summed E-state index contributed by atoms with van der Waals surface area (Å²) in [6.45, 7) is 7.68. The molecule has 2 rings (SSSR count). The second kappa shape index (κ2) is 22.7. The van der Waals surface area contributed by atoms with Crippen LogP contribution in [0, 0.1) is 11.8 Å².